The smallest absolute Gasteiger partial charge is 0.323 e. The number of anilines is 2. The second kappa shape index (κ2) is 17.2. The number of urea groups is 1. The lowest BCUT2D eigenvalue weighted by Gasteiger charge is -2.36. The van der Waals surface area contributed by atoms with Gasteiger partial charge >= 0.3 is 6.03 Å². The van der Waals surface area contributed by atoms with E-state index in [1.165, 1.54) is 0 Å². The quantitative estimate of drug-likeness (QED) is 0.189. The topological polar surface area (TPSA) is 116 Å². The first-order chi connectivity index (χ1) is 23.7. The summed E-state index contributed by atoms with van der Waals surface area (Å²) in [5.74, 6) is 0.119. The van der Waals surface area contributed by atoms with Crippen LogP contribution in [0.5, 0.6) is 5.75 Å². The van der Waals surface area contributed by atoms with Crippen molar-refractivity contribution in [2.24, 2.45) is 5.92 Å². The summed E-state index contributed by atoms with van der Waals surface area (Å²) in [6.45, 7) is 8.12. The zero-order chi connectivity index (χ0) is 34.8. The lowest BCUT2D eigenvalue weighted by molar-refractivity contribution is -0.0177. The van der Waals surface area contributed by atoms with Crippen LogP contribution in [0.4, 0.5) is 16.2 Å². The van der Waals surface area contributed by atoms with Crippen molar-refractivity contribution in [1.29, 1.82) is 0 Å². The van der Waals surface area contributed by atoms with E-state index < -0.39 is 12.1 Å². The Balaban J connectivity index is 1.39. The summed E-state index contributed by atoms with van der Waals surface area (Å²) < 4.78 is 12.8. The summed E-state index contributed by atoms with van der Waals surface area (Å²) in [5, 5.41) is 18.1. The summed E-state index contributed by atoms with van der Waals surface area (Å²) >= 11 is 0. The standard InChI is InChI=1S/C39H49N5O5/c1-27-23-44(28(2)26-45)38(46)34-22-32(41-39(47)42-35-14-9-12-31-11-5-6-13-33(31)35)15-16-36(34)49-29(3)10-7-8-21-48-37(27)25-43(4)24-30-17-19-40-20-18-30/h5-6,9,11-20,22,27-29,37,45H,7-8,10,21,23-26H2,1-4H3,(H2,41,42,47)/t27-,28-,29-,37+/m1/s1. The third kappa shape index (κ3) is 9.78. The third-order valence-electron chi connectivity index (χ3n) is 9.04. The first kappa shape index (κ1) is 35.8. The van der Waals surface area contributed by atoms with Gasteiger partial charge in [-0.2, -0.15) is 0 Å². The lowest BCUT2D eigenvalue weighted by Crippen LogP contribution is -2.47. The van der Waals surface area contributed by atoms with Gasteiger partial charge < -0.3 is 30.1 Å². The van der Waals surface area contributed by atoms with Gasteiger partial charge in [-0.05, 0) is 87.5 Å². The molecule has 0 saturated carbocycles. The molecule has 3 aromatic carbocycles. The number of nitrogens with one attached hydrogen (secondary N) is 2. The molecule has 1 aliphatic heterocycles. The molecule has 4 aromatic rings. The van der Waals surface area contributed by atoms with Crippen LogP contribution in [0.3, 0.4) is 0 Å². The molecule has 0 spiro atoms. The summed E-state index contributed by atoms with van der Waals surface area (Å²) in [6.07, 6.45) is 5.91. The lowest BCUT2D eigenvalue weighted by atomic mass is 10.0. The van der Waals surface area contributed by atoms with Crippen molar-refractivity contribution >= 4 is 34.1 Å². The monoisotopic (exact) mass is 667 g/mol. The van der Waals surface area contributed by atoms with Crippen molar-refractivity contribution in [1.82, 2.24) is 14.8 Å². The fourth-order valence-electron chi connectivity index (χ4n) is 6.25. The van der Waals surface area contributed by atoms with Gasteiger partial charge in [-0.1, -0.05) is 43.3 Å². The van der Waals surface area contributed by atoms with E-state index in [-0.39, 0.29) is 30.6 Å². The van der Waals surface area contributed by atoms with Crippen molar-refractivity contribution in [2.45, 2.75) is 64.8 Å². The summed E-state index contributed by atoms with van der Waals surface area (Å²) in [4.78, 5) is 35.7. The van der Waals surface area contributed by atoms with Gasteiger partial charge in [0.15, 0.2) is 0 Å². The maximum atomic E-state index is 14.5. The van der Waals surface area contributed by atoms with E-state index in [1.807, 2.05) is 68.4 Å². The minimum absolute atomic E-state index is 0.0446. The Labute approximate surface area is 289 Å². The van der Waals surface area contributed by atoms with Crippen molar-refractivity contribution in [2.75, 3.05) is 44.0 Å². The molecule has 0 aliphatic carbocycles. The highest BCUT2D eigenvalue weighted by Gasteiger charge is 2.30. The molecule has 1 aromatic heterocycles. The van der Waals surface area contributed by atoms with Crippen LogP contribution in [0.2, 0.25) is 0 Å². The van der Waals surface area contributed by atoms with Crippen LogP contribution in [0.1, 0.15) is 56.0 Å². The fraction of sp³-hybridized carbons (Fsp3) is 0.410. The van der Waals surface area contributed by atoms with E-state index in [0.29, 0.717) is 42.4 Å². The number of carbonyl (C=O) groups excluding carboxylic acids is 2. The molecule has 0 bridgehead atoms. The van der Waals surface area contributed by atoms with Crippen LogP contribution in [0.15, 0.2) is 85.2 Å². The number of benzene rings is 3. The molecule has 2 heterocycles. The summed E-state index contributed by atoms with van der Waals surface area (Å²) in [7, 11) is 2.07. The molecule has 4 atom stereocenters. The average molecular weight is 668 g/mol. The number of aromatic nitrogens is 1. The Morgan fingerprint density at radius 1 is 1.04 bits per heavy atom. The first-order valence-corrected chi connectivity index (χ1v) is 17.2. The van der Waals surface area contributed by atoms with Gasteiger partial charge in [0.2, 0.25) is 0 Å². The molecule has 0 fully saturated rings. The van der Waals surface area contributed by atoms with Crippen LogP contribution in [0.25, 0.3) is 10.8 Å². The van der Waals surface area contributed by atoms with Crippen LogP contribution in [-0.2, 0) is 11.3 Å². The fourth-order valence-corrected chi connectivity index (χ4v) is 6.25. The van der Waals surface area contributed by atoms with Gasteiger partial charge in [0.1, 0.15) is 5.75 Å². The number of hydrogen-bond donors (Lipinski definition) is 3. The van der Waals surface area contributed by atoms with Crippen LogP contribution in [-0.4, -0.2) is 83.4 Å². The second-order valence-corrected chi connectivity index (χ2v) is 13.2. The first-order valence-electron chi connectivity index (χ1n) is 17.2. The zero-order valence-electron chi connectivity index (χ0n) is 29.0. The number of aliphatic hydroxyl groups excluding tert-OH is 1. The highest BCUT2D eigenvalue weighted by Crippen LogP contribution is 2.29. The molecule has 49 heavy (non-hydrogen) atoms. The molecule has 1 aliphatic rings. The maximum absolute atomic E-state index is 14.5. The number of fused-ring (bicyclic) bond motifs is 2. The Kier molecular flexibility index (Phi) is 12.6. The van der Waals surface area contributed by atoms with E-state index >= 15 is 0 Å². The molecule has 260 valence electrons. The molecule has 3 N–H and O–H groups in total. The van der Waals surface area contributed by atoms with Crippen molar-refractivity contribution in [3.8, 4) is 5.75 Å². The van der Waals surface area contributed by atoms with Gasteiger partial charge in [-0.3, -0.25) is 14.7 Å². The minimum Gasteiger partial charge on any atom is -0.490 e. The number of aliphatic hydroxyl groups is 1. The molecule has 10 heteroatoms. The Morgan fingerprint density at radius 2 is 1.82 bits per heavy atom. The Hall–Kier alpha value is -4.51. The molecule has 0 radical (unpaired) electrons. The second-order valence-electron chi connectivity index (χ2n) is 13.2. The molecular weight excluding hydrogens is 618 g/mol. The molecule has 3 amide bonds. The molecule has 0 saturated heterocycles. The highest BCUT2D eigenvalue weighted by atomic mass is 16.5. The van der Waals surface area contributed by atoms with E-state index in [9.17, 15) is 14.7 Å². The highest BCUT2D eigenvalue weighted by molar-refractivity contribution is 6.07. The van der Waals surface area contributed by atoms with Crippen LogP contribution < -0.4 is 15.4 Å². The number of rotatable bonds is 8. The minimum atomic E-state index is -0.463. The molecule has 10 nitrogen and oxygen atoms in total. The SMILES string of the molecule is C[C@@H]1CCCCO[C@@H](CN(C)Cc2ccncc2)[C@H](C)CN([C@H](C)CO)C(=O)c2cc(NC(=O)Nc3cccc4ccccc34)ccc2O1. The average Bonchev–Trinajstić information content (AvgIpc) is 3.10. The maximum Gasteiger partial charge on any atom is 0.323 e. The number of hydrogen-bond acceptors (Lipinski definition) is 7. The van der Waals surface area contributed by atoms with E-state index in [1.54, 1.807) is 35.5 Å². The van der Waals surface area contributed by atoms with Crippen LogP contribution in [0, 0.1) is 5.92 Å². The molecular formula is C39H49N5O5. The van der Waals surface area contributed by atoms with Crippen molar-refractivity contribution in [3.63, 3.8) is 0 Å². The Morgan fingerprint density at radius 3 is 2.61 bits per heavy atom. The van der Waals surface area contributed by atoms with Gasteiger partial charge in [0.05, 0.1) is 36.1 Å². The van der Waals surface area contributed by atoms with Gasteiger partial charge in [0, 0.05) is 55.6 Å². The summed E-state index contributed by atoms with van der Waals surface area (Å²) in [6, 6.07) is 21.9. The van der Waals surface area contributed by atoms with Gasteiger partial charge in [0.25, 0.3) is 5.91 Å². The van der Waals surface area contributed by atoms with Crippen molar-refractivity contribution in [3.05, 3.63) is 96.3 Å². The van der Waals surface area contributed by atoms with Crippen LogP contribution >= 0.6 is 0 Å². The number of likely N-dealkylation sites (N-methyl/N-ethyl adjacent to an activating group) is 1. The zero-order valence-corrected chi connectivity index (χ0v) is 29.0. The predicted octanol–water partition coefficient (Wildman–Crippen LogP) is 6.81. The predicted molar refractivity (Wildman–Crippen MR) is 194 cm³/mol. The number of nitrogens with zero attached hydrogens (tertiary/aromatic N) is 3. The van der Waals surface area contributed by atoms with E-state index in [2.05, 4.69) is 34.5 Å². The molecule has 0 unspecified atom stereocenters. The number of carbonyl (C=O) groups is 2. The Bertz CT molecular complexity index is 1680. The third-order valence-corrected chi connectivity index (χ3v) is 9.04. The normalized spacial score (nSPS) is 19.8. The van der Waals surface area contributed by atoms with Gasteiger partial charge in [-0.15, -0.1) is 0 Å². The van der Waals surface area contributed by atoms with E-state index in [4.69, 9.17) is 9.47 Å². The van der Waals surface area contributed by atoms with Crippen molar-refractivity contribution < 1.29 is 24.2 Å². The number of amides is 3. The molecule has 5 rings (SSSR count). The summed E-state index contributed by atoms with van der Waals surface area (Å²) in [5.41, 5.74) is 2.62. The largest absolute Gasteiger partial charge is 0.490 e. The number of ether oxygens (including phenoxy) is 2. The van der Waals surface area contributed by atoms with E-state index in [0.717, 1.165) is 42.1 Å². The van der Waals surface area contributed by atoms with Gasteiger partial charge in [-0.25, -0.2) is 4.79 Å². The number of pyridine rings is 1.